The van der Waals surface area contributed by atoms with E-state index in [1.165, 1.54) is 0 Å². The normalized spacial score (nSPS) is 20.4. The first-order chi connectivity index (χ1) is 13.7. The minimum atomic E-state index is -0.227. The van der Waals surface area contributed by atoms with Crippen molar-refractivity contribution < 1.29 is 14.3 Å². The van der Waals surface area contributed by atoms with Gasteiger partial charge in [0.2, 0.25) is 0 Å². The SMILES string of the molecule is CCNC(=NCCc1ccccc1OC)N1CCN(C(=O)C2CCCO2)CC1. The number of carbonyl (C=O) groups excluding carboxylic acids is 1. The molecule has 0 spiro atoms. The van der Waals surface area contributed by atoms with Crippen LogP contribution in [0.5, 0.6) is 5.75 Å². The number of piperazine rings is 1. The molecule has 1 aromatic carbocycles. The number of aliphatic imine (C=N–C) groups is 1. The maximum atomic E-state index is 12.5. The lowest BCUT2D eigenvalue weighted by Crippen LogP contribution is -2.55. The van der Waals surface area contributed by atoms with Crippen LogP contribution in [0.1, 0.15) is 25.3 Å². The Morgan fingerprint density at radius 3 is 2.68 bits per heavy atom. The van der Waals surface area contributed by atoms with Crippen molar-refractivity contribution in [2.24, 2.45) is 4.99 Å². The Kier molecular flexibility index (Phi) is 7.54. The van der Waals surface area contributed by atoms with Crippen LogP contribution in [0.4, 0.5) is 0 Å². The van der Waals surface area contributed by atoms with E-state index in [2.05, 4.69) is 23.2 Å². The second-order valence-corrected chi connectivity index (χ2v) is 7.11. The number of nitrogens with one attached hydrogen (secondary N) is 1. The summed E-state index contributed by atoms with van der Waals surface area (Å²) in [6, 6.07) is 8.06. The summed E-state index contributed by atoms with van der Waals surface area (Å²) in [7, 11) is 1.70. The van der Waals surface area contributed by atoms with Gasteiger partial charge in [-0.05, 0) is 37.8 Å². The predicted molar refractivity (Wildman–Crippen MR) is 110 cm³/mol. The lowest BCUT2D eigenvalue weighted by molar-refractivity contribution is -0.142. The molecule has 1 N–H and O–H groups in total. The number of rotatable bonds is 6. The summed E-state index contributed by atoms with van der Waals surface area (Å²) in [5, 5.41) is 3.38. The van der Waals surface area contributed by atoms with E-state index in [0.29, 0.717) is 13.2 Å². The molecule has 0 aromatic heterocycles. The average Bonchev–Trinajstić information content (AvgIpc) is 3.28. The fraction of sp³-hybridized carbons (Fsp3) is 0.619. The summed E-state index contributed by atoms with van der Waals surface area (Å²) in [6.45, 7) is 7.32. The topological polar surface area (TPSA) is 66.4 Å². The quantitative estimate of drug-likeness (QED) is 0.591. The molecule has 3 rings (SSSR count). The Balaban J connectivity index is 1.53. The highest BCUT2D eigenvalue weighted by molar-refractivity contribution is 5.82. The van der Waals surface area contributed by atoms with E-state index < -0.39 is 0 Å². The van der Waals surface area contributed by atoms with Crippen molar-refractivity contribution in [3.63, 3.8) is 0 Å². The van der Waals surface area contributed by atoms with E-state index in [0.717, 1.165) is 69.3 Å². The number of amides is 1. The summed E-state index contributed by atoms with van der Waals surface area (Å²) in [6.07, 6.45) is 2.44. The molecular formula is C21H32N4O3. The van der Waals surface area contributed by atoms with Crippen molar-refractivity contribution in [1.82, 2.24) is 15.1 Å². The van der Waals surface area contributed by atoms with Gasteiger partial charge >= 0.3 is 0 Å². The third kappa shape index (κ3) is 5.16. The Morgan fingerprint density at radius 2 is 2.00 bits per heavy atom. The number of hydrogen-bond acceptors (Lipinski definition) is 4. The van der Waals surface area contributed by atoms with Crippen molar-refractivity contribution in [2.75, 3.05) is 53.0 Å². The van der Waals surface area contributed by atoms with Gasteiger partial charge in [-0.3, -0.25) is 9.79 Å². The van der Waals surface area contributed by atoms with Gasteiger partial charge in [0.05, 0.1) is 7.11 Å². The molecule has 154 valence electrons. The number of carbonyl (C=O) groups is 1. The Morgan fingerprint density at radius 1 is 1.25 bits per heavy atom. The molecule has 0 bridgehead atoms. The van der Waals surface area contributed by atoms with Gasteiger partial charge in [-0.25, -0.2) is 0 Å². The van der Waals surface area contributed by atoms with Crippen LogP contribution in [-0.2, 0) is 16.0 Å². The van der Waals surface area contributed by atoms with Crippen LogP contribution in [0.2, 0.25) is 0 Å². The molecule has 1 atom stereocenters. The highest BCUT2D eigenvalue weighted by Crippen LogP contribution is 2.18. The number of benzene rings is 1. The van der Waals surface area contributed by atoms with Gasteiger partial charge in [-0.2, -0.15) is 0 Å². The van der Waals surface area contributed by atoms with Crippen LogP contribution in [0.15, 0.2) is 29.3 Å². The summed E-state index contributed by atoms with van der Waals surface area (Å²) in [5.41, 5.74) is 1.16. The maximum absolute atomic E-state index is 12.5. The second kappa shape index (κ2) is 10.3. The summed E-state index contributed by atoms with van der Waals surface area (Å²) >= 11 is 0. The molecule has 1 amide bonds. The first-order valence-corrected chi connectivity index (χ1v) is 10.3. The summed E-state index contributed by atoms with van der Waals surface area (Å²) < 4.78 is 11.0. The Bertz CT molecular complexity index is 665. The number of guanidine groups is 1. The van der Waals surface area contributed by atoms with Crippen molar-refractivity contribution in [3.05, 3.63) is 29.8 Å². The number of hydrogen-bond donors (Lipinski definition) is 1. The van der Waals surface area contributed by atoms with Gasteiger partial charge in [0.25, 0.3) is 5.91 Å². The van der Waals surface area contributed by atoms with Gasteiger partial charge in [0.15, 0.2) is 5.96 Å². The van der Waals surface area contributed by atoms with Gasteiger partial charge in [0.1, 0.15) is 11.9 Å². The number of nitrogens with zero attached hydrogens (tertiary/aromatic N) is 3. The highest BCUT2D eigenvalue weighted by Gasteiger charge is 2.30. The highest BCUT2D eigenvalue weighted by atomic mass is 16.5. The third-order valence-corrected chi connectivity index (χ3v) is 5.27. The molecule has 1 aromatic rings. The van der Waals surface area contributed by atoms with E-state index in [1.54, 1.807) is 7.11 Å². The Hall–Kier alpha value is -2.28. The molecule has 0 aliphatic carbocycles. The van der Waals surface area contributed by atoms with Crippen molar-refractivity contribution in [1.29, 1.82) is 0 Å². The number of ether oxygens (including phenoxy) is 2. The zero-order valence-electron chi connectivity index (χ0n) is 17.0. The summed E-state index contributed by atoms with van der Waals surface area (Å²) in [5.74, 6) is 1.97. The van der Waals surface area contributed by atoms with E-state index in [9.17, 15) is 4.79 Å². The van der Waals surface area contributed by atoms with Crippen LogP contribution in [0.3, 0.4) is 0 Å². The molecular weight excluding hydrogens is 356 g/mol. The standard InChI is InChI=1S/C21H32N4O3/c1-3-22-21(23-11-10-17-7-4-5-8-18(17)27-2)25-14-12-24(13-15-25)20(26)19-9-6-16-28-19/h4-5,7-8,19H,3,6,9-16H2,1-2H3,(H,22,23). The largest absolute Gasteiger partial charge is 0.496 e. The smallest absolute Gasteiger partial charge is 0.251 e. The zero-order chi connectivity index (χ0) is 19.8. The molecule has 0 saturated carbocycles. The fourth-order valence-electron chi connectivity index (χ4n) is 3.73. The average molecular weight is 389 g/mol. The molecule has 0 radical (unpaired) electrons. The van der Waals surface area contributed by atoms with Crippen LogP contribution in [-0.4, -0.2) is 80.8 Å². The molecule has 7 heteroatoms. The molecule has 2 saturated heterocycles. The second-order valence-electron chi connectivity index (χ2n) is 7.11. The molecule has 7 nitrogen and oxygen atoms in total. The van der Waals surface area contributed by atoms with Crippen LogP contribution in [0, 0.1) is 0 Å². The first kappa shape index (κ1) is 20.5. The third-order valence-electron chi connectivity index (χ3n) is 5.27. The zero-order valence-corrected chi connectivity index (χ0v) is 17.0. The van der Waals surface area contributed by atoms with Gasteiger partial charge in [0, 0.05) is 45.9 Å². The van der Waals surface area contributed by atoms with Crippen LogP contribution >= 0.6 is 0 Å². The lowest BCUT2D eigenvalue weighted by atomic mass is 10.1. The van der Waals surface area contributed by atoms with E-state index in [-0.39, 0.29) is 12.0 Å². The molecule has 2 heterocycles. The van der Waals surface area contributed by atoms with Crippen molar-refractivity contribution in [3.8, 4) is 5.75 Å². The maximum Gasteiger partial charge on any atom is 0.251 e. The van der Waals surface area contributed by atoms with Crippen LogP contribution < -0.4 is 10.1 Å². The minimum Gasteiger partial charge on any atom is -0.496 e. The molecule has 1 unspecified atom stereocenters. The molecule has 28 heavy (non-hydrogen) atoms. The van der Waals surface area contributed by atoms with E-state index in [1.807, 2.05) is 23.1 Å². The monoisotopic (exact) mass is 388 g/mol. The first-order valence-electron chi connectivity index (χ1n) is 10.3. The van der Waals surface area contributed by atoms with E-state index >= 15 is 0 Å². The predicted octanol–water partition coefficient (Wildman–Crippen LogP) is 1.53. The number of para-hydroxylation sites is 1. The van der Waals surface area contributed by atoms with Gasteiger partial charge in [-0.15, -0.1) is 0 Å². The van der Waals surface area contributed by atoms with Gasteiger partial charge in [-0.1, -0.05) is 18.2 Å². The van der Waals surface area contributed by atoms with Crippen LogP contribution in [0.25, 0.3) is 0 Å². The molecule has 2 aliphatic heterocycles. The number of methoxy groups -OCH3 is 1. The van der Waals surface area contributed by atoms with Crippen molar-refractivity contribution in [2.45, 2.75) is 32.3 Å². The van der Waals surface area contributed by atoms with Gasteiger partial charge < -0.3 is 24.6 Å². The summed E-state index contributed by atoms with van der Waals surface area (Å²) in [4.78, 5) is 21.5. The van der Waals surface area contributed by atoms with E-state index in [4.69, 9.17) is 14.5 Å². The van der Waals surface area contributed by atoms with Crippen molar-refractivity contribution >= 4 is 11.9 Å². The fourth-order valence-corrected chi connectivity index (χ4v) is 3.73. The Labute approximate surface area is 167 Å². The molecule has 2 fully saturated rings. The minimum absolute atomic E-state index is 0.148. The lowest BCUT2D eigenvalue weighted by Gasteiger charge is -2.37. The molecule has 2 aliphatic rings.